The second-order valence-electron chi connectivity index (χ2n) is 5.19. The van der Waals surface area contributed by atoms with Crippen molar-refractivity contribution in [1.29, 1.82) is 0 Å². The summed E-state index contributed by atoms with van der Waals surface area (Å²) >= 11 is 0. The number of nitrogens with one attached hydrogen (secondary N) is 1. The van der Waals surface area contributed by atoms with Crippen LogP contribution in [0.4, 0.5) is 0 Å². The Balaban J connectivity index is 2.68. The lowest BCUT2D eigenvalue weighted by atomic mass is 10.1. The zero-order valence-electron chi connectivity index (χ0n) is 11.2. The summed E-state index contributed by atoms with van der Waals surface area (Å²) in [6.45, 7) is 5.22. The van der Waals surface area contributed by atoms with Crippen molar-refractivity contribution in [2.24, 2.45) is 0 Å². The lowest BCUT2D eigenvalue weighted by Gasteiger charge is -2.27. The predicted octanol–water partition coefficient (Wildman–Crippen LogP) is -1.09. The standard InChI is InChI=1S/C13H23NO4/c1-10(2)18-13(17)11(9-12(15)16)14-7-5-3-4-6-8-14/h10-11H,3-9H2,1-2H3,(H,15,16)/t11-/m1/s1. The number of ether oxygens (including phenoxy) is 1. The molecule has 0 radical (unpaired) electrons. The smallest absolute Gasteiger partial charge is 0.365 e. The van der Waals surface area contributed by atoms with Crippen LogP contribution in [0.1, 0.15) is 46.0 Å². The second kappa shape index (κ2) is 7.36. The molecule has 0 unspecified atom stereocenters. The number of rotatable bonds is 5. The van der Waals surface area contributed by atoms with E-state index in [0.29, 0.717) is 0 Å². The van der Waals surface area contributed by atoms with E-state index in [1.165, 1.54) is 0 Å². The quantitative estimate of drug-likeness (QED) is 0.635. The summed E-state index contributed by atoms with van der Waals surface area (Å²) in [7, 11) is 0. The van der Waals surface area contributed by atoms with Crippen LogP contribution in [0.15, 0.2) is 0 Å². The third-order valence-electron chi connectivity index (χ3n) is 3.25. The van der Waals surface area contributed by atoms with Gasteiger partial charge in [0.15, 0.2) is 6.04 Å². The number of carbonyl (C=O) groups is 2. The topological polar surface area (TPSA) is 70.9 Å². The largest absolute Gasteiger partial charge is 0.550 e. The highest BCUT2D eigenvalue weighted by Crippen LogP contribution is 2.03. The van der Waals surface area contributed by atoms with Crippen LogP contribution in [0, 0.1) is 0 Å². The van der Waals surface area contributed by atoms with Crippen LogP contribution in [0.3, 0.4) is 0 Å². The minimum atomic E-state index is -1.18. The summed E-state index contributed by atoms with van der Waals surface area (Å²) in [4.78, 5) is 23.8. The molecular formula is C13H23NO4. The molecule has 1 saturated heterocycles. The van der Waals surface area contributed by atoms with E-state index in [4.69, 9.17) is 4.74 Å². The average molecular weight is 257 g/mol. The fourth-order valence-electron chi connectivity index (χ4n) is 2.41. The highest BCUT2D eigenvalue weighted by Gasteiger charge is 2.32. The molecule has 1 aliphatic heterocycles. The number of carboxylic acids is 1. The van der Waals surface area contributed by atoms with Gasteiger partial charge in [-0.05, 0) is 39.5 Å². The third-order valence-corrected chi connectivity index (χ3v) is 3.25. The van der Waals surface area contributed by atoms with Gasteiger partial charge >= 0.3 is 5.97 Å². The summed E-state index contributed by atoms with van der Waals surface area (Å²) in [5, 5.41) is 10.8. The van der Waals surface area contributed by atoms with E-state index in [1.807, 2.05) is 0 Å². The second-order valence-corrected chi connectivity index (χ2v) is 5.19. The van der Waals surface area contributed by atoms with Gasteiger partial charge in [-0.1, -0.05) is 0 Å². The van der Waals surface area contributed by atoms with Gasteiger partial charge in [-0.15, -0.1) is 0 Å². The summed E-state index contributed by atoms with van der Waals surface area (Å²) in [6.07, 6.45) is 3.91. The van der Waals surface area contributed by atoms with Gasteiger partial charge in [0, 0.05) is 5.97 Å². The molecule has 0 aromatic heterocycles. The van der Waals surface area contributed by atoms with E-state index in [1.54, 1.807) is 13.8 Å². The van der Waals surface area contributed by atoms with Gasteiger partial charge in [-0.3, -0.25) is 0 Å². The molecule has 1 N–H and O–H groups in total. The number of carbonyl (C=O) groups excluding carboxylic acids is 2. The molecule has 5 heteroatoms. The number of likely N-dealkylation sites (tertiary alicyclic amines) is 1. The van der Waals surface area contributed by atoms with E-state index >= 15 is 0 Å². The normalized spacial score (nSPS) is 19.3. The van der Waals surface area contributed by atoms with Gasteiger partial charge < -0.3 is 19.5 Å². The zero-order chi connectivity index (χ0) is 13.5. The first-order valence-corrected chi connectivity index (χ1v) is 6.75. The van der Waals surface area contributed by atoms with Crippen LogP contribution in [-0.4, -0.2) is 37.2 Å². The first-order valence-electron chi connectivity index (χ1n) is 6.75. The molecule has 1 aliphatic rings. The number of hydrogen-bond acceptors (Lipinski definition) is 4. The van der Waals surface area contributed by atoms with Crippen LogP contribution < -0.4 is 10.0 Å². The number of carboxylic acid groups (broad SMARTS) is 1. The van der Waals surface area contributed by atoms with Crippen molar-refractivity contribution in [3.63, 3.8) is 0 Å². The van der Waals surface area contributed by atoms with Gasteiger partial charge in [0.2, 0.25) is 0 Å². The molecule has 1 heterocycles. The maximum atomic E-state index is 12.0. The summed E-state index contributed by atoms with van der Waals surface area (Å²) in [5.74, 6) is -1.59. The molecule has 18 heavy (non-hydrogen) atoms. The maximum Gasteiger partial charge on any atom is 0.365 e. The molecule has 1 atom stereocenters. The monoisotopic (exact) mass is 257 g/mol. The van der Waals surface area contributed by atoms with Crippen molar-refractivity contribution < 1.29 is 24.3 Å². The van der Waals surface area contributed by atoms with Gasteiger partial charge in [-0.2, -0.15) is 0 Å². The molecule has 0 aromatic carbocycles. The third kappa shape index (κ3) is 5.04. The summed E-state index contributed by atoms with van der Waals surface area (Å²) < 4.78 is 5.16. The number of quaternary nitrogens is 1. The van der Waals surface area contributed by atoms with Crippen LogP contribution in [0.2, 0.25) is 0 Å². The van der Waals surface area contributed by atoms with Crippen LogP contribution in [0.5, 0.6) is 0 Å². The Morgan fingerprint density at radius 1 is 1.17 bits per heavy atom. The van der Waals surface area contributed by atoms with Crippen LogP contribution in [0.25, 0.3) is 0 Å². The molecule has 5 nitrogen and oxygen atoms in total. The minimum Gasteiger partial charge on any atom is -0.550 e. The molecule has 0 bridgehead atoms. The fourth-order valence-corrected chi connectivity index (χ4v) is 2.41. The predicted molar refractivity (Wildman–Crippen MR) is 63.8 cm³/mol. The minimum absolute atomic E-state index is 0.215. The first kappa shape index (κ1) is 15.0. The van der Waals surface area contributed by atoms with Crippen molar-refractivity contribution in [1.82, 2.24) is 0 Å². The van der Waals surface area contributed by atoms with Gasteiger partial charge in [0.1, 0.15) is 0 Å². The number of esters is 1. The molecule has 1 rings (SSSR count). The Morgan fingerprint density at radius 2 is 1.72 bits per heavy atom. The number of aliphatic carboxylic acids is 1. The van der Waals surface area contributed by atoms with Gasteiger partial charge in [0.05, 0.1) is 25.6 Å². The van der Waals surface area contributed by atoms with E-state index < -0.39 is 18.0 Å². The van der Waals surface area contributed by atoms with Crippen molar-refractivity contribution in [2.45, 2.75) is 58.1 Å². The molecular weight excluding hydrogens is 234 g/mol. The summed E-state index contributed by atoms with van der Waals surface area (Å²) in [5.41, 5.74) is 0. The van der Waals surface area contributed by atoms with E-state index in [2.05, 4.69) is 0 Å². The Kier molecular flexibility index (Phi) is 6.12. The van der Waals surface area contributed by atoms with Crippen molar-refractivity contribution in [2.75, 3.05) is 13.1 Å². The summed E-state index contributed by atoms with van der Waals surface area (Å²) in [6, 6.07) is -0.615. The molecule has 0 spiro atoms. The molecule has 0 aliphatic carbocycles. The SMILES string of the molecule is CC(C)OC(=O)[C@@H](CC(=O)[O-])[NH+]1CCCCCC1. The highest BCUT2D eigenvalue weighted by atomic mass is 16.5. The van der Waals surface area contributed by atoms with Crippen molar-refractivity contribution in [3.8, 4) is 0 Å². The average Bonchev–Trinajstić information content (AvgIpc) is 2.52. The van der Waals surface area contributed by atoms with Gasteiger partial charge in [0.25, 0.3) is 0 Å². The molecule has 0 aromatic rings. The zero-order valence-corrected chi connectivity index (χ0v) is 11.2. The fraction of sp³-hybridized carbons (Fsp3) is 0.846. The molecule has 104 valence electrons. The van der Waals surface area contributed by atoms with E-state index in [-0.39, 0.29) is 12.5 Å². The van der Waals surface area contributed by atoms with E-state index in [9.17, 15) is 14.7 Å². The highest BCUT2D eigenvalue weighted by molar-refractivity contribution is 5.80. The van der Waals surface area contributed by atoms with Crippen molar-refractivity contribution in [3.05, 3.63) is 0 Å². The molecule has 0 saturated carbocycles. The Labute approximate surface area is 108 Å². The maximum absolute atomic E-state index is 12.0. The Hall–Kier alpha value is -1.10. The lowest BCUT2D eigenvalue weighted by molar-refractivity contribution is -0.915. The lowest BCUT2D eigenvalue weighted by Crippen LogP contribution is -3.17. The van der Waals surface area contributed by atoms with Crippen LogP contribution in [-0.2, 0) is 14.3 Å². The number of hydrogen-bond donors (Lipinski definition) is 1. The van der Waals surface area contributed by atoms with Crippen LogP contribution >= 0.6 is 0 Å². The molecule has 0 amide bonds. The first-order chi connectivity index (χ1) is 8.50. The van der Waals surface area contributed by atoms with Crippen molar-refractivity contribution >= 4 is 11.9 Å². The Morgan fingerprint density at radius 3 is 2.17 bits per heavy atom. The Bertz CT molecular complexity index is 283. The molecule has 1 fully saturated rings. The van der Waals surface area contributed by atoms with Gasteiger partial charge in [-0.25, -0.2) is 4.79 Å². The van der Waals surface area contributed by atoms with E-state index in [0.717, 1.165) is 43.7 Å².